The van der Waals surface area contributed by atoms with E-state index < -0.39 is 42.0 Å². The number of carbonyl (C=O) groups is 3. The standard InChI is InChI=1S/C29H44ClNO9/c1-17(8-11-25-28(35)29(36,16-30)15-22(40-25)14-27(34)37-6)7-10-24-18(2)13-23(20(4)39-24)31-26(33)12-9-19(3)38-21(5)32/h7-9,11-12,18-20,22-25,28,35-36H,10,13-16H2,1-6H3,(H,31,33)/b11-8+,12-9-,17-7+/t18-,19-,20+,22+,23+,24-,25+,28+,29+/m0/s1. The third-order valence-corrected chi connectivity index (χ3v) is 7.74. The van der Waals surface area contributed by atoms with Crippen molar-refractivity contribution in [1.29, 1.82) is 0 Å². The molecule has 2 fully saturated rings. The van der Waals surface area contributed by atoms with Crippen molar-refractivity contribution in [3.8, 4) is 0 Å². The molecule has 2 rings (SSSR count). The van der Waals surface area contributed by atoms with E-state index in [1.165, 1.54) is 26.2 Å². The van der Waals surface area contributed by atoms with Crippen molar-refractivity contribution in [2.24, 2.45) is 5.92 Å². The maximum Gasteiger partial charge on any atom is 0.308 e. The van der Waals surface area contributed by atoms with E-state index in [-0.39, 0.29) is 48.8 Å². The third-order valence-electron chi connectivity index (χ3n) is 7.28. The summed E-state index contributed by atoms with van der Waals surface area (Å²) in [6.07, 6.45) is 6.26. The fourth-order valence-corrected chi connectivity index (χ4v) is 5.19. The molecule has 0 unspecified atom stereocenters. The van der Waals surface area contributed by atoms with Gasteiger partial charge in [0.2, 0.25) is 5.91 Å². The highest BCUT2D eigenvalue weighted by Gasteiger charge is 2.47. The van der Waals surface area contributed by atoms with Gasteiger partial charge in [-0.05, 0) is 45.6 Å². The SMILES string of the molecule is COC(=O)C[C@@H]1C[C@@](O)(CCl)[C@H](O)[C@@H](/C=C/C(C)=C/C[C@@H]2O[C@H](C)[C@H](NC(=O)/C=C\[C@H](C)OC(C)=O)C[C@@H]2C)O1. The molecule has 2 saturated heterocycles. The smallest absolute Gasteiger partial charge is 0.308 e. The van der Waals surface area contributed by atoms with E-state index in [1.54, 1.807) is 19.1 Å². The van der Waals surface area contributed by atoms with Gasteiger partial charge in [-0.25, -0.2) is 0 Å². The Hall–Kier alpha value is -2.24. The van der Waals surface area contributed by atoms with E-state index in [1.807, 2.05) is 19.9 Å². The number of esters is 2. The summed E-state index contributed by atoms with van der Waals surface area (Å²) in [6, 6.07) is -0.152. The number of aliphatic hydroxyl groups is 2. The first-order valence-corrected chi connectivity index (χ1v) is 14.2. The van der Waals surface area contributed by atoms with Gasteiger partial charge >= 0.3 is 11.9 Å². The number of nitrogens with one attached hydrogen (secondary N) is 1. The molecule has 11 heteroatoms. The van der Waals surface area contributed by atoms with E-state index >= 15 is 0 Å². The number of methoxy groups -OCH3 is 1. The van der Waals surface area contributed by atoms with Gasteiger partial charge in [-0.2, -0.15) is 0 Å². The molecule has 0 saturated carbocycles. The van der Waals surface area contributed by atoms with E-state index in [0.29, 0.717) is 6.42 Å². The second-order valence-corrected chi connectivity index (χ2v) is 11.1. The summed E-state index contributed by atoms with van der Waals surface area (Å²) >= 11 is 5.95. The van der Waals surface area contributed by atoms with Crippen molar-refractivity contribution in [1.82, 2.24) is 5.32 Å². The molecule has 10 nitrogen and oxygen atoms in total. The number of hydrogen-bond acceptors (Lipinski definition) is 9. The summed E-state index contributed by atoms with van der Waals surface area (Å²) in [7, 11) is 1.28. The lowest BCUT2D eigenvalue weighted by molar-refractivity contribution is -0.197. The molecular weight excluding hydrogens is 542 g/mol. The van der Waals surface area contributed by atoms with Crippen LogP contribution < -0.4 is 5.32 Å². The van der Waals surface area contributed by atoms with Gasteiger partial charge in [0.1, 0.15) is 23.9 Å². The molecule has 226 valence electrons. The molecule has 0 aromatic rings. The van der Waals surface area contributed by atoms with Crippen molar-refractivity contribution in [2.45, 2.75) is 109 Å². The maximum atomic E-state index is 12.3. The number of alkyl halides is 1. The van der Waals surface area contributed by atoms with Crippen LogP contribution in [0.1, 0.15) is 60.3 Å². The lowest BCUT2D eigenvalue weighted by Crippen LogP contribution is -2.58. The van der Waals surface area contributed by atoms with Crippen molar-refractivity contribution < 1.29 is 43.5 Å². The summed E-state index contributed by atoms with van der Waals surface area (Å²) in [5.74, 6) is -1.17. The molecule has 9 atom stereocenters. The molecule has 40 heavy (non-hydrogen) atoms. The van der Waals surface area contributed by atoms with Crippen LogP contribution in [0, 0.1) is 5.92 Å². The number of aliphatic hydroxyl groups excluding tert-OH is 1. The maximum absolute atomic E-state index is 12.3. The first-order valence-electron chi connectivity index (χ1n) is 13.6. The molecule has 0 aromatic heterocycles. The predicted molar refractivity (Wildman–Crippen MR) is 150 cm³/mol. The normalized spacial score (nSPS) is 34.0. The van der Waals surface area contributed by atoms with Gasteiger partial charge in [-0.3, -0.25) is 14.4 Å². The second kappa shape index (κ2) is 15.7. The van der Waals surface area contributed by atoms with Gasteiger partial charge in [-0.15, -0.1) is 11.6 Å². The van der Waals surface area contributed by atoms with Crippen LogP contribution >= 0.6 is 11.6 Å². The van der Waals surface area contributed by atoms with Crippen molar-refractivity contribution >= 4 is 29.4 Å². The molecule has 2 heterocycles. The zero-order valence-electron chi connectivity index (χ0n) is 24.2. The van der Waals surface area contributed by atoms with Gasteiger partial charge in [0.05, 0.1) is 43.8 Å². The quantitative estimate of drug-likeness (QED) is 0.144. The second-order valence-electron chi connectivity index (χ2n) is 10.8. The van der Waals surface area contributed by atoms with Gasteiger partial charge in [-0.1, -0.05) is 30.7 Å². The average molecular weight is 586 g/mol. The molecule has 1 amide bonds. The highest BCUT2D eigenvalue weighted by molar-refractivity contribution is 6.18. The zero-order valence-corrected chi connectivity index (χ0v) is 24.9. The Bertz CT molecular complexity index is 967. The topological polar surface area (TPSA) is 141 Å². The molecule has 2 aliphatic rings. The van der Waals surface area contributed by atoms with Crippen LogP contribution in [0.2, 0.25) is 0 Å². The first kappa shape index (κ1) is 34.0. The van der Waals surface area contributed by atoms with Crippen LogP contribution in [0.25, 0.3) is 0 Å². The summed E-state index contributed by atoms with van der Waals surface area (Å²) < 4.78 is 21.8. The van der Waals surface area contributed by atoms with Crippen molar-refractivity contribution in [3.63, 3.8) is 0 Å². The Morgan fingerprint density at radius 2 is 1.90 bits per heavy atom. The van der Waals surface area contributed by atoms with Crippen LogP contribution in [-0.4, -0.2) is 89.3 Å². The summed E-state index contributed by atoms with van der Waals surface area (Å²) in [6.45, 7) is 8.91. The number of hydrogen-bond donors (Lipinski definition) is 3. The fourth-order valence-electron chi connectivity index (χ4n) is 4.92. The Morgan fingerprint density at radius 1 is 1.20 bits per heavy atom. The first-order chi connectivity index (χ1) is 18.8. The zero-order chi connectivity index (χ0) is 30.0. The molecule has 3 N–H and O–H groups in total. The Labute approximate surface area is 241 Å². The predicted octanol–water partition coefficient (Wildman–Crippen LogP) is 2.74. The fraction of sp³-hybridized carbons (Fsp3) is 0.690. The van der Waals surface area contributed by atoms with Crippen LogP contribution in [0.4, 0.5) is 0 Å². The van der Waals surface area contributed by atoms with E-state index in [0.717, 1.165) is 12.0 Å². The average Bonchev–Trinajstić information content (AvgIpc) is 2.89. The minimum absolute atomic E-state index is 0.0200. The molecule has 0 aromatic carbocycles. The monoisotopic (exact) mass is 585 g/mol. The number of allylic oxidation sites excluding steroid dienone is 2. The Kier molecular flexibility index (Phi) is 13.3. The molecule has 2 aliphatic heterocycles. The van der Waals surface area contributed by atoms with Crippen LogP contribution in [0.5, 0.6) is 0 Å². The largest absolute Gasteiger partial charge is 0.469 e. The number of ether oxygens (including phenoxy) is 4. The summed E-state index contributed by atoms with van der Waals surface area (Å²) in [5.41, 5.74) is -0.680. The minimum atomic E-state index is -1.59. The number of halogens is 1. The van der Waals surface area contributed by atoms with E-state index in [2.05, 4.69) is 12.2 Å². The summed E-state index contributed by atoms with van der Waals surface area (Å²) in [4.78, 5) is 35.1. The molecule has 0 radical (unpaired) electrons. The van der Waals surface area contributed by atoms with E-state index in [4.69, 9.17) is 30.5 Å². The van der Waals surface area contributed by atoms with Gasteiger partial charge in [0, 0.05) is 19.4 Å². The molecule has 0 aliphatic carbocycles. The summed E-state index contributed by atoms with van der Waals surface area (Å²) in [5, 5.41) is 24.4. The Balaban J connectivity index is 1.94. The van der Waals surface area contributed by atoms with Gasteiger partial charge in [0.15, 0.2) is 0 Å². The number of carbonyl (C=O) groups excluding carboxylic acids is 3. The van der Waals surface area contributed by atoms with E-state index in [9.17, 15) is 24.6 Å². The molecule has 0 spiro atoms. The van der Waals surface area contributed by atoms with Crippen molar-refractivity contribution in [3.05, 3.63) is 36.0 Å². The minimum Gasteiger partial charge on any atom is -0.469 e. The van der Waals surface area contributed by atoms with Gasteiger partial charge in [0.25, 0.3) is 0 Å². The third kappa shape index (κ3) is 10.3. The molecule has 0 bridgehead atoms. The lowest BCUT2D eigenvalue weighted by Gasteiger charge is -2.43. The van der Waals surface area contributed by atoms with Crippen LogP contribution in [0.15, 0.2) is 36.0 Å². The van der Waals surface area contributed by atoms with Gasteiger partial charge < -0.3 is 34.5 Å². The number of rotatable bonds is 11. The Morgan fingerprint density at radius 3 is 2.52 bits per heavy atom. The molecular formula is C29H44ClNO9. The van der Waals surface area contributed by atoms with Crippen LogP contribution in [-0.2, 0) is 33.3 Å². The van der Waals surface area contributed by atoms with Crippen LogP contribution in [0.3, 0.4) is 0 Å². The van der Waals surface area contributed by atoms with Crippen molar-refractivity contribution in [2.75, 3.05) is 13.0 Å². The highest BCUT2D eigenvalue weighted by atomic mass is 35.5. The highest BCUT2D eigenvalue weighted by Crippen LogP contribution is 2.33. The number of amides is 1. The lowest BCUT2D eigenvalue weighted by atomic mass is 9.84.